The number of carbonyl (C=O) groups is 1. The van der Waals surface area contributed by atoms with Crippen LogP contribution in [0.5, 0.6) is 0 Å². The molecule has 0 saturated heterocycles. The van der Waals surface area contributed by atoms with Crippen LogP contribution in [-0.4, -0.2) is 29.7 Å². The molecule has 4 nitrogen and oxygen atoms in total. The van der Waals surface area contributed by atoms with Crippen molar-refractivity contribution in [3.63, 3.8) is 0 Å². The zero-order valence-electron chi connectivity index (χ0n) is 10.3. The van der Waals surface area contributed by atoms with E-state index < -0.39 is 5.97 Å². The van der Waals surface area contributed by atoms with Crippen LogP contribution in [0.15, 0.2) is 0 Å². The molecule has 1 N–H and O–H groups in total. The van der Waals surface area contributed by atoms with Gasteiger partial charge in [0.15, 0.2) is 5.13 Å². The Morgan fingerprint density at radius 1 is 1.53 bits per heavy atom. The molecule has 1 aliphatic rings. The highest BCUT2D eigenvalue weighted by atomic mass is 32.1. The van der Waals surface area contributed by atoms with Crippen LogP contribution < -0.4 is 4.90 Å². The maximum Gasteiger partial charge on any atom is 0.347 e. The molecule has 0 aromatic carbocycles. The molecule has 0 spiro atoms. The number of aryl methyl sites for hydroxylation is 1. The Morgan fingerprint density at radius 2 is 2.18 bits per heavy atom. The molecule has 0 radical (unpaired) electrons. The van der Waals surface area contributed by atoms with Gasteiger partial charge >= 0.3 is 5.97 Å². The molecule has 1 saturated carbocycles. The summed E-state index contributed by atoms with van der Waals surface area (Å²) in [6, 6.07) is 0. The predicted octanol–water partition coefficient (Wildman–Crippen LogP) is 2.78. The highest BCUT2D eigenvalue weighted by Crippen LogP contribution is 2.29. The molecule has 1 aromatic rings. The van der Waals surface area contributed by atoms with E-state index in [1.807, 2.05) is 7.05 Å². The maximum absolute atomic E-state index is 11.0. The fraction of sp³-hybridized carbons (Fsp3) is 0.667. The van der Waals surface area contributed by atoms with Gasteiger partial charge in [-0.3, -0.25) is 0 Å². The van der Waals surface area contributed by atoms with Crippen LogP contribution >= 0.6 is 11.3 Å². The summed E-state index contributed by atoms with van der Waals surface area (Å²) in [5.74, 6) is -0.127. The van der Waals surface area contributed by atoms with Gasteiger partial charge in [0, 0.05) is 13.6 Å². The third kappa shape index (κ3) is 2.77. The van der Waals surface area contributed by atoms with Gasteiger partial charge in [0.2, 0.25) is 0 Å². The summed E-state index contributed by atoms with van der Waals surface area (Å²) in [6.45, 7) is 2.75. The van der Waals surface area contributed by atoms with E-state index in [1.54, 1.807) is 6.92 Å². The van der Waals surface area contributed by atoms with Crippen molar-refractivity contribution in [2.24, 2.45) is 5.92 Å². The first-order valence-corrected chi connectivity index (χ1v) is 6.81. The third-order valence-electron chi connectivity index (χ3n) is 3.31. The molecule has 2 rings (SSSR count). The summed E-state index contributed by atoms with van der Waals surface area (Å²) < 4.78 is 0. The number of anilines is 1. The highest BCUT2D eigenvalue weighted by molar-refractivity contribution is 7.17. The van der Waals surface area contributed by atoms with Gasteiger partial charge in [0.25, 0.3) is 0 Å². The molecule has 0 unspecified atom stereocenters. The van der Waals surface area contributed by atoms with Gasteiger partial charge in [-0.1, -0.05) is 24.2 Å². The highest BCUT2D eigenvalue weighted by Gasteiger charge is 2.20. The van der Waals surface area contributed by atoms with E-state index in [1.165, 1.54) is 37.0 Å². The van der Waals surface area contributed by atoms with Gasteiger partial charge in [0.05, 0.1) is 5.69 Å². The molecule has 1 heterocycles. The van der Waals surface area contributed by atoms with Gasteiger partial charge in [-0.2, -0.15) is 0 Å². The zero-order chi connectivity index (χ0) is 12.4. The molecule has 1 aromatic heterocycles. The van der Waals surface area contributed by atoms with E-state index in [-0.39, 0.29) is 0 Å². The monoisotopic (exact) mass is 254 g/mol. The molecule has 0 bridgehead atoms. The Labute approximate surface area is 105 Å². The van der Waals surface area contributed by atoms with Gasteiger partial charge in [0.1, 0.15) is 4.88 Å². The first-order valence-electron chi connectivity index (χ1n) is 5.99. The number of aromatic carboxylic acids is 1. The number of thiazole rings is 1. The minimum absolute atomic E-state index is 0.360. The predicted molar refractivity (Wildman–Crippen MR) is 69.0 cm³/mol. The fourth-order valence-electron chi connectivity index (χ4n) is 2.40. The molecular formula is C12H18N2O2S. The molecular weight excluding hydrogens is 236 g/mol. The van der Waals surface area contributed by atoms with Crippen molar-refractivity contribution in [1.82, 2.24) is 4.98 Å². The van der Waals surface area contributed by atoms with Gasteiger partial charge < -0.3 is 10.0 Å². The zero-order valence-corrected chi connectivity index (χ0v) is 11.1. The lowest BCUT2D eigenvalue weighted by molar-refractivity contribution is 0.0701. The number of carboxylic acids is 1. The summed E-state index contributed by atoms with van der Waals surface area (Å²) in [7, 11) is 2.00. The van der Waals surface area contributed by atoms with Crippen LogP contribution in [-0.2, 0) is 0 Å². The summed E-state index contributed by atoms with van der Waals surface area (Å²) >= 11 is 1.27. The number of carboxylic acid groups (broad SMARTS) is 1. The fourth-order valence-corrected chi connectivity index (χ4v) is 3.28. The third-order valence-corrected chi connectivity index (χ3v) is 4.57. The molecule has 0 amide bonds. The van der Waals surface area contributed by atoms with Crippen molar-refractivity contribution < 1.29 is 9.90 Å². The van der Waals surface area contributed by atoms with Gasteiger partial charge in [-0.05, 0) is 25.7 Å². The summed E-state index contributed by atoms with van der Waals surface area (Å²) in [5, 5.41) is 9.82. The number of hydrogen-bond donors (Lipinski definition) is 1. The number of hydrogen-bond acceptors (Lipinski definition) is 4. The standard InChI is InChI=1S/C12H18N2O2S/c1-8-10(11(15)16)17-12(13-8)14(2)7-9-5-3-4-6-9/h9H,3-7H2,1-2H3,(H,15,16). The summed E-state index contributed by atoms with van der Waals surface area (Å²) in [4.78, 5) is 17.7. The second kappa shape index (κ2) is 5.04. The Kier molecular flexibility index (Phi) is 3.66. The topological polar surface area (TPSA) is 53.4 Å². The summed E-state index contributed by atoms with van der Waals surface area (Å²) in [6.07, 6.45) is 5.24. The van der Waals surface area contributed by atoms with Crippen molar-refractivity contribution in [1.29, 1.82) is 0 Å². The Hall–Kier alpha value is -1.10. The van der Waals surface area contributed by atoms with Crippen LogP contribution in [0.25, 0.3) is 0 Å². The molecule has 17 heavy (non-hydrogen) atoms. The molecule has 0 aliphatic heterocycles. The van der Waals surface area contributed by atoms with Gasteiger partial charge in [-0.15, -0.1) is 0 Å². The van der Waals surface area contributed by atoms with Crippen molar-refractivity contribution in [3.05, 3.63) is 10.6 Å². The first-order chi connectivity index (χ1) is 8.08. The lowest BCUT2D eigenvalue weighted by Crippen LogP contribution is -2.23. The van der Waals surface area contributed by atoms with E-state index in [0.29, 0.717) is 10.6 Å². The number of aromatic nitrogens is 1. The largest absolute Gasteiger partial charge is 0.477 e. The Morgan fingerprint density at radius 3 is 2.71 bits per heavy atom. The van der Waals surface area contributed by atoms with E-state index in [9.17, 15) is 4.79 Å². The molecule has 1 fully saturated rings. The molecule has 94 valence electrons. The van der Waals surface area contributed by atoms with E-state index in [4.69, 9.17) is 5.11 Å². The molecule has 1 aliphatic carbocycles. The maximum atomic E-state index is 11.0. The Bertz CT molecular complexity index is 411. The van der Waals surface area contributed by atoms with Crippen molar-refractivity contribution in [2.75, 3.05) is 18.5 Å². The lowest BCUT2D eigenvalue weighted by atomic mass is 10.1. The number of rotatable bonds is 4. The smallest absolute Gasteiger partial charge is 0.347 e. The lowest BCUT2D eigenvalue weighted by Gasteiger charge is -2.19. The van der Waals surface area contributed by atoms with Crippen LogP contribution in [0.4, 0.5) is 5.13 Å². The minimum Gasteiger partial charge on any atom is -0.477 e. The van der Waals surface area contributed by atoms with E-state index in [2.05, 4.69) is 9.88 Å². The van der Waals surface area contributed by atoms with Crippen LogP contribution in [0, 0.1) is 12.8 Å². The van der Waals surface area contributed by atoms with Crippen molar-refractivity contribution >= 4 is 22.4 Å². The normalized spacial score (nSPS) is 16.4. The molecule has 5 heteroatoms. The average Bonchev–Trinajstić information content (AvgIpc) is 2.86. The van der Waals surface area contributed by atoms with Crippen molar-refractivity contribution in [3.8, 4) is 0 Å². The van der Waals surface area contributed by atoms with E-state index in [0.717, 1.165) is 17.6 Å². The molecule has 0 atom stereocenters. The van der Waals surface area contributed by atoms with Gasteiger partial charge in [-0.25, -0.2) is 9.78 Å². The number of nitrogens with zero attached hydrogens (tertiary/aromatic N) is 2. The van der Waals surface area contributed by atoms with Crippen LogP contribution in [0.1, 0.15) is 41.0 Å². The first kappa shape index (κ1) is 12.4. The quantitative estimate of drug-likeness (QED) is 0.897. The summed E-state index contributed by atoms with van der Waals surface area (Å²) in [5.41, 5.74) is 0.621. The average molecular weight is 254 g/mol. The second-order valence-corrected chi connectivity index (χ2v) is 5.72. The minimum atomic E-state index is -0.875. The Balaban J connectivity index is 2.05. The van der Waals surface area contributed by atoms with Crippen LogP contribution in [0.3, 0.4) is 0 Å². The van der Waals surface area contributed by atoms with Crippen LogP contribution in [0.2, 0.25) is 0 Å². The second-order valence-electron chi connectivity index (χ2n) is 4.75. The SMILES string of the molecule is Cc1nc(N(C)CC2CCCC2)sc1C(=O)O. The van der Waals surface area contributed by atoms with E-state index >= 15 is 0 Å². The van der Waals surface area contributed by atoms with Crippen molar-refractivity contribution in [2.45, 2.75) is 32.6 Å².